The number of piperidine rings is 1. The van der Waals surface area contributed by atoms with Crippen LogP contribution in [0.2, 0.25) is 0 Å². The number of pyridine rings is 1. The van der Waals surface area contributed by atoms with E-state index in [1.165, 1.54) is 0 Å². The number of rotatable bonds is 5. The van der Waals surface area contributed by atoms with E-state index in [9.17, 15) is 5.11 Å². The maximum absolute atomic E-state index is 11.9. The number of likely N-dealkylation sites (tertiary alicyclic amines) is 1. The fourth-order valence-electron chi connectivity index (χ4n) is 4.71. The number of methoxy groups -OCH3 is 1. The summed E-state index contributed by atoms with van der Waals surface area (Å²) in [6.07, 6.45) is 2.48. The molecule has 0 radical (unpaired) electrons. The highest BCUT2D eigenvalue weighted by Gasteiger charge is 2.46. The molecule has 2 atom stereocenters. The Morgan fingerprint density at radius 3 is 2.55 bits per heavy atom. The van der Waals surface area contributed by atoms with Crippen LogP contribution in [0.4, 0.5) is 0 Å². The second kappa shape index (κ2) is 8.79. The second-order valence-corrected chi connectivity index (χ2v) is 8.30. The van der Waals surface area contributed by atoms with E-state index >= 15 is 0 Å². The third-order valence-corrected chi connectivity index (χ3v) is 6.48. The van der Waals surface area contributed by atoms with Crippen LogP contribution in [0.3, 0.4) is 0 Å². The van der Waals surface area contributed by atoms with Gasteiger partial charge in [-0.25, -0.2) is 4.98 Å². The fourth-order valence-corrected chi connectivity index (χ4v) is 4.71. The Morgan fingerprint density at radius 2 is 1.83 bits per heavy atom. The van der Waals surface area contributed by atoms with Crippen LogP contribution in [-0.2, 0) is 12.1 Å². The smallest absolute Gasteiger partial charge is 0.217 e. The molecule has 0 bridgehead atoms. The zero-order valence-corrected chi connectivity index (χ0v) is 17.5. The first kappa shape index (κ1) is 20.3. The van der Waals surface area contributed by atoms with Crippen molar-refractivity contribution >= 4 is 0 Å². The molecule has 6 heteroatoms. The largest absolute Gasteiger partial charge is 0.481 e. The lowest BCUT2D eigenvalue weighted by molar-refractivity contribution is -0.108. The molecule has 3 heterocycles. The van der Waals surface area contributed by atoms with Crippen LogP contribution in [0.25, 0.3) is 0 Å². The number of hydrogen-bond donors (Lipinski definition) is 1. The quantitative estimate of drug-likeness (QED) is 0.832. The molecule has 1 aromatic heterocycles. The van der Waals surface area contributed by atoms with Crippen LogP contribution in [0.15, 0.2) is 48.7 Å². The Kier molecular flexibility index (Phi) is 6.15. The van der Waals surface area contributed by atoms with Crippen LogP contribution in [-0.4, -0.2) is 84.3 Å². The Labute approximate surface area is 173 Å². The highest BCUT2D eigenvalue weighted by Crippen LogP contribution is 2.37. The van der Waals surface area contributed by atoms with E-state index in [-0.39, 0.29) is 6.04 Å². The minimum Gasteiger partial charge on any atom is -0.481 e. The molecule has 4 rings (SSSR count). The molecule has 6 nitrogen and oxygen atoms in total. The molecule has 2 fully saturated rings. The molecule has 0 amide bonds. The van der Waals surface area contributed by atoms with Crippen molar-refractivity contribution in [3.05, 3.63) is 59.8 Å². The summed E-state index contributed by atoms with van der Waals surface area (Å²) in [4.78, 5) is 11.6. The first-order chi connectivity index (χ1) is 14.1. The first-order valence-corrected chi connectivity index (χ1v) is 10.5. The summed E-state index contributed by atoms with van der Waals surface area (Å²) in [5.74, 6) is 0.688. The molecule has 2 saturated heterocycles. The lowest BCUT2D eigenvalue weighted by Gasteiger charge is -2.51. The van der Waals surface area contributed by atoms with Gasteiger partial charge in [0.25, 0.3) is 0 Å². The van der Waals surface area contributed by atoms with E-state index < -0.39 is 5.60 Å². The molecule has 156 valence electrons. The van der Waals surface area contributed by atoms with Gasteiger partial charge >= 0.3 is 0 Å². The number of aromatic nitrogens is 1. The van der Waals surface area contributed by atoms with Crippen molar-refractivity contribution in [3.8, 4) is 5.88 Å². The van der Waals surface area contributed by atoms with Gasteiger partial charge in [0.15, 0.2) is 0 Å². The molecule has 2 aliphatic heterocycles. The number of likely N-dealkylation sites (N-methyl/N-ethyl adjacent to an activating group) is 1. The molecule has 2 aliphatic rings. The van der Waals surface area contributed by atoms with Crippen LogP contribution in [0.1, 0.15) is 17.5 Å². The number of hydrogen-bond acceptors (Lipinski definition) is 6. The maximum Gasteiger partial charge on any atom is 0.217 e. The van der Waals surface area contributed by atoms with Gasteiger partial charge in [-0.1, -0.05) is 36.4 Å². The fraction of sp³-hybridized carbons (Fsp3) is 0.522. The number of nitrogens with zero attached hydrogens (tertiary/aromatic N) is 4. The van der Waals surface area contributed by atoms with Crippen molar-refractivity contribution < 1.29 is 9.84 Å². The summed E-state index contributed by atoms with van der Waals surface area (Å²) < 4.78 is 5.45. The minimum atomic E-state index is -0.827. The minimum absolute atomic E-state index is 0.0648. The van der Waals surface area contributed by atoms with Crippen LogP contribution in [0.5, 0.6) is 5.88 Å². The summed E-state index contributed by atoms with van der Waals surface area (Å²) in [5.41, 5.74) is 1.30. The summed E-state index contributed by atoms with van der Waals surface area (Å²) in [6, 6.07) is 14.3. The number of benzene rings is 1. The van der Waals surface area contributed by atoms with Crippen molar-refractivity contribution in [1.29, 1.82) is 0 Å². The Bertz CT molecular complexity index is 794. The van der Waals surface area contributed by atoms with Gasteiger partial charge in [0.05, 0.1) is 13.2 Å². The molecule has 29 heavy (non-hydrogen) atoms. The van der Waals surface area contributed by atoms with E-state index in [0.29, 0.717) is 5.88 Å². The Hall–Kier alpha value is -1.99. The van der Waals surface area contributed by atoms with Gasteiger partial charge < -0.3 is 14.7 Å². The zero-order chi connectivity index (χ0) is 20.3. The second-order valence-electron chi connectivity index (χ2n) is 8.30. The van der Waals surface area contributed by atoms with Gasteiger partial charge in [0.1, 0.15) is 5.60 Å². The molecular formula is C23H32N4O2. The highest BCUT2D eigenvalue weighted by atomic mass is 16.5. The predicted molar refractivity (Wildman–Crippen MR) is 114 cm³/mol. The standard InChI is InChI=1S/C23H32N4O2/c1-25-13-15-27(16-14-25)21-18-26(17-19-7-6-11-24-22(19)29-2)12-10-23(21,28)20-8-4-3-5-9-20/h3-9,11,21,28H,10,12-18H2,1-2H3/t21-,23+/m1/s1. The molecule has 0 aliphatic carbocycles. The predicted octanol–water partition coefficient (Wildman–Crippen LogP) is 1.80. The van der Waals surface area contributed by atoms with Gasteiger partial charge in [-0.3, -0.25) is 9.80 Å². The van der Waals surface area contributed by atoms with Crippen molar-refractivity contribution in [2.45, 2.75) is 24.6 Å². The lowest BCUT2D eigenvalue weighted by Crippen LogP contribution is -2.63. The average molecular weight is 397 g/mol. The van der Waals surface area contributed by atoms with Crippen molar-refractivity contribution in [2.24, 2.45) is 0 Å². The lowest BCUT2D eigenvalue weighted by atomic mass is 9.79. The summed E-state index contributed by atoms with van der Waals surface area (Å²) in [6.45, 7) is 6.50. The Morgan fingerprint density at radius 1 is 1.07 bits per heavy atom. The van der Waals surface area contributed by atoms with Crippen LogP contribution in [0, 0.1) is 0 Å². The zero-order valence-electron chi connectivity index (χ0n) is 17.5. The molecule has 1 N–H and O–H groups in total. The molecule has 0 spiro atoms. The van der Waals surface area contributed by atoms with Gasteiger partial charge in [-0.15, -0.1) is 0 Å². The summed E-state index contributed by atoms with van der Waals surface area (Å²) in [5, 5.41) is 11.9. The van der Waals surface area contributed by atoms with E-state index in [1.807, 2.05) is 24.3 Å². The highest BCUT2D eigenvalue weighted by molar-refractivity contribution is 5.28. The van der Waals surface area contributed by atoms with E-state index in [4.69, 9.17) is 4.74 Å². The number of ether oxygens (including phenoxy) is 1. The molecular weight excluding hydrogens is 364 g/mol. The normalized spacial score (nSPS) is 27.1. The third kappa shape index (κ3) is 4.31. The number of piperazine rings is 1. The van der Waals surface area contributed by atoms with Crippen molar-refractivity contribution in [2.75, 3.05) is 53.4 Å². The van der Waals surface area contributed by atoms with Crippen molar-refractivity contribution in [3.63, 3.8) is 0 Å². The van der Waals surface area contributed by atoms with E-state index in [2.05, 4.69) is 44.9 Å². The average Bonchev–Trinajstić information content (AvgIpc) is 2.77. The molecule has 1 aromatic carbocycles. The Balaban J connectivity index is 1.58. The molecule has 0 unspecified atom stereocenters. The summed E-state index contributed by atoms with van der Waals surface area (Å²) >= 11 is 0. The summed E-state index contributed by atoms with van der Waals surface area (Å²) in [7, 11) is 3.84. The van der Waals surface area contributed by atoms with Gasteiger partial charge in [0, 0.05) is 57.6 Å². The third-order valence-electron chi connectivity index (χ3n) is 6.48. The maximum atomic E-state index is 11.9. The molecule has 2 aromatic rings. The van der Waals surface area contributed by atoms with E-state index in [0.717, 1.165) is 63.4 Å². The van der Waals surface area contributed by atoms with Gasteiger partial charge in [0.2, 0.25) is 5.88 Å². The van der Waals surface area contributed by atoms with Crippen LogP contribution < -0.4 is 4.74 Å². The van der Waals surface area contributed by atoms with Gasteiger partial charge in [-0.2, -0.15) is 0 Å². The molecule has 0 saturated carbocycles. The SMILES string of the molecule is COc1ncccc1CN1CC[C@](O)(c2ccccc2)[C@H](N2CCN(C)CC2)C1. The first-order valence-electron chi connectivity index (χ1n) is 10.5. The van der Waals surface area contributed by atoms with Gasteiger partial charge in [-0.05, 0) is 25.1 Å². The number of aliphatic hydroxyl groups is 1. The van der Waals surface area contributed by atoms with Crippen LogP contribution >= 0.6 is 0 Å². The van der Waals surface area contributed by atoms with E-state index in [1.54, 1.807) is 13.3 Å². The van der Waals surface area contributed by atoms with Crippen molar-refractivity contribution in [1.82, 2.24) is 19.7 Å². The topological polar surface area (TPSA) is 52.1 Å². The monoisotopic (exact) mass is 396 g/mol.